The first-order valence-corrected chi connectivity index (χ1v) is 8.08. The molecule has 2 atom stereocenters. The molecule has 4 rings (SSSR count). The van der Waals surface area contributed by atoms with E-state index in [1.807, 2.05) is 12.1 Å². The van der Waals surface area contributed by atoms with Crippen molar-refractivity contribution in [3.8, 4) is 5.75 Å². The van der Waals surface area contributed by atoms with Crippen LogP contribution >= 0.6 is 0 Å². The van der Waals surface area contributed by atoms with Crippen molar-refractivity contribution in [3.63, 3.8) is 0 Å². The fourth-order valence-electron chi connectivity index (χ4n) is 3.87. The monoisotopic (exact) mass is 308 g/mol. The Morgan fingerprint density at radius 2 is 1.96 bits per heavy atom. The lowest BCUT2D eigenvalue weighted by atomic mass is 9.87. The molecular formula is C19H20N2O2. The Labute approximate surface area is 135 Å². The van der Waals surface area contributed by atoms with Crippen molar-refractivity contribution in [2.24, 2.45) is 5.92 Å². The molecule has 1 amide bonds. The highest BCUT2D eigenvalue weighted by Crippen LogP contribution is 2.37. The van der Waals surface area contributed by atoms with Gasteiger partial charge < -0.3 is 10.4 Å². The molecule has 1 saturated heterocycles. The van der Waals surface area contributed by atoms with Crippen molar-refractivity contribution in [2.45, 2.75) is 12.5 Å². The lowest BCUT2D eigenvalue weighted by Gasteiger charge is -2.17. The van der Waals surface area contributed by atoms with Gasteiger partial charge in [0.25, 0.3) is 5.91 Å². The molecule has 2 aromatic rings. The lowest BCUT2D eigenvalue weighted by molar-refractivity contribution is 0.0950. The predicted octanol–water partition coefficient (Wildman–Crippen LogP) is 2.35. The minimum absolute atomic E-state index is 0.0695. The summed E-state index contributed by atoms with van der Waals surface area (Å²) >= 11 is 0. The maximum atomic E-state index is 12.2. The highest BCUT2D eigenvalue weighted by molar-refractivity contribution is 5.96. The number of hydrogen-bond donors (Lipinski definition) is 2. The van der Waals surface area contributed by atoms with Gasteiger partial charge in [-0.3, -0.25) is 9.69 Å². The molecule has 0 bridgehead atoms. The van der Waals surface area contributed by atoms with Gasteiger partial charge in [-0.05, 0) is 29.2 Å². The van der Waals surface area contributed by atoms with E-state index in [0.717, 1.165) is 25.2 Å². The van der Waals surface area contributed by atoms with Crippen LogP contribution in [0.3, 0.4) is 0 Å². The second-order valence-corrected chi connectivity index (χ2v) is 6.53. The Balaban J connectivity index is 1.60. The molecule has 0 aromatic heterocycles. The summed E-state index contributed by atoms with van der Waals surface area (Å²) in [6.45, 7) is 3.58. The van der Waals surface area contributed by atoms with Gasteiger partial charge in [-0.15, -0.1) is 0 Å². The van der Waals surface area contributed by atoms with Crippen LogP contribution in [0.25, 0.3) is 0 Å². The largest absolute Gasteiger partial charge is 0.508 e. The zero-order valence-corrected chi connectivity index (χ0v) is 12.9. The van der Waals surface area contributed by atoms with E-state index in [0.29, 0.717) is 23.9 Å². The van der Waals surface area contributed by atoms with E-state index in [9.17, 15) is 9.90 Å². The topological polar surface area (TPSA) is 52.6 Å². The minimum Gasteiger partial charge on any atom is -0.508 e. The lowest BCUT2D eigenvalue weighted by Crippen LogP contribution is -2.29. The van der Waals surface area contributed by atoms with Crippen molar-refractivity contribution >= 4 is 5.91 Å². The zero-order valence-electron chi connectivity index (χ0n) is 12.9. The van der Waals surface area contributed by atoms with E-state index >= 15 is 0 Å². The van der Waals surface area contributed by atoms with Gasteiger partial charge in [0.2, 0.25) is 0 Å². The van der Waals surface area contributed by atoms with Crippen molar-refractivity contribution in [1.82, 2.24) is 10.2 Å². The van der Waals surface area contributed by atoms with Gasteiger partial charge in [-0.25, -0.2) is 0 Å². The molecular weight excluding hydrogens is 288 g/mol. The molecule has 0 aliphatic carbocycles. The van der Waals surface area contributed by atoms with Gasteiger partial charge in [0.05, 0.1) is 0 Å². The van der Waals surface area contributed by atoms with Gasteiger partial charge in [0.1, 0.15) is 5.75 Å². The molecule has 0 spiro atoms. The first-order chi connectivity index (χ1) is 11.2. The molecule has 4 nitrogen and oxygen atoms in total. The van der Waals surface area contributed by atoms with Crippen LogP contribution in [0, 0.1) is 5.92 Å². The first kappa shape index (κ1) is 14.3. The summed E-state index contributed by atoms with van der Waals surface area (Å²) < 4.78 is 0. The average molecular weight is 308 g/mol. The maximum Gasteiger partial charge on any atom is 0.251 e. The molecule has 2 heterocycles. The second-order valence-electron chi connectivity index (χ2n) is 6.53. The summed E-state index contributed by atoms with van der Waals surface area (Å²) in [6.07, 6.45) is 0. The van der Waals surface area contributed by atoms with E-state index in [4.69, 9.17) is 0 Å². The van der Waals surface area contributed by atoms with Crippen molar-refractivity contribution in [2.75, 3.05) is 19.6 Å². The number of amides is 1. The Morgan fingerprint density at radius 3 is 2.78 bits per heavy atom. The normalized spacial score (nSPS) is 23.7. The number of nitrogens with one attached hydrogen (secondary N) is 1. The number of rotatable bonds is 2. The summed E-state index contributed by atoms with van der Waals surface area (Å²) in [6, 6.07) is 15.7. The molecule has 0 saturated carbocycles. The number of fused-ring (bicyclic) bond motifs is 3. The van der Waals surface area contributed by atoms with Crippen molar-refractivity contribution in [3.05, 3.63) is 65.2 Å². The van der Waals surface area contributed by atoms with Crippen LogP contribution in [0.5, 0.6) is 5.75 Å². The summed E-state index contributed by atoms with van der Waals surface area (Å²) in [5.41, 5.74) is 3.01. The Morgan fingerprint density at radius 1 is 1.13 bits per heavy atom. The van der Waals surface area contributed by atoms with Gasteiger partial charge >= 0.3 is 0 Å². The van der Waals surface area contributed by atoms with Gasteiger partial charge in [-0.2, -0.15) is 0 Å². The summed E-state index contributed by atoms with van der Waals surface area (Å²) in [5, 5.41) is 12.7. The van der Waals surface area contributed by atoms with Crippen LogP contribution < -0.4 is 5.32 Å². The smallest absolute Gasteiger partial charge is 0.251 e. The number of benzene rings is 2. The molecule has 118 valence electrons. The SMILES string of the molecule is O=C1NC[C@@H]2CN(Cc3ccccc3)C[C@H]2c2ccc(O)cc21. The Bertz CT molecular complexity index is 729. The number of carbonyl (C=O) groups is 1. The standard InChI is InChI=1S/C19H20N2O2/c22-15-6-7-16-17(8-15)19(23)20-9-14-11-21(12-18(14)16)10-13-4-2-1-3-5-13/h1-8,14,18,22H,9-12H2,(H,20,23)/t14-,18-/m1/s1. The van der Waals surface area contributed by atoms with Crippen molar-refractivity contribution in [1.29, 1.82) is 0 Å². The second kappa shape index (κ2) is 5.70. The Kier molecular flexibility index (Phi) is 3.54. The van der Waals surface area contributed by atoms with Crippen LogP contribution in [0.15, 0.2) is 48.5 Å². The van der Waals surface area contributed by atoms with Crippen LogP contribution in [-0.2, 0) is 6.54 Å². The molecule has 0 unspecified atom stereocenters. The number of phenolic OH excluding ortho intramolecular Hbond substituents is 1. The third kappa shape index (κ3) is 2.70. The van der Waals surface area contributed by atoms with Gasteiger partial charge in [0.15, 0.2) is 0 Å². The van der Waals surface area contributed by atoms with Crippen LogP contribution in [0.4, 0.5) is 0 Å². The zero-order chi connectivity index (χ0) is 15.8. The molecule has 23 heavy (non-hydrogen) atoms. The summed E-state index contributed by atoms with van der Waals surface area (Å²) in [5.74, 6) is 0.845. The summed E-state index contributed by atoms with van der Waals surface area (Å²) in [4.78, 5) is 14.7. The number of aromatic hydroxyl groups is 1. The van der Waals surface area contributed by atoms with Gasteiger partial charge in [-0.1, -0.05) is 36.4 Å². The van der Waals surface area contributed by atoms with Crippen LogP contribution in [-0.4, -0.2) is 35.5 Å². The van der Waals surface area contributed by atoms with E-state index in [1.165, 1.54) is 5.56 Å². The average Bonchev–Trinajstić information content (AvgIpc) is 2.91. The molecule has 0 radical (unpaired) electrons. The predicted molar refractivity (Wildman–Crippen MR) is 88.4 cm³/mol. The molecule has 2 aliphatic rings. The fraction of sp³-hybridized carbons (Fsp3) is 0.316. The third-order valence-corrected chi connectivity index (χ3v) is 4.97. The Hall–Kier alpha value is -2.33. The summed E-state index contributed by atoms with van der Waals surface area (Å²) in [7, 11) is 0. The van der Waals surface area contributed by atoms with Crippen LogP contribution in [0.1, 0.15) is 27.4 Å². The molecule has 2 aromatic carbocycles. The van der Waals surface area contributed by atoms with E-state index in [1.54, 1.807) is 12.1 Å². The van der Waals surface area contributed by atoms with Crippen molar-refractivity contribution < 1.29 is 9.90 Å². The maximum absolute atomic E-state index is 12.2. The van der Waals surface area contributed by atoms with E-state index in [2.05, 4.69) is 34.5 Å². The molecule has 1 fully saturated rings. The quantitative estimate of drug-likeness (QED) is 0.895. The number of phenols is 1. The van der Waals surface area contributed by atoms with Gasteiger partial charge in [0, 0.05) is 37.7 Å². The first-order valence-electron chi connectivity index (χ1n) is 8.08. The third-order valence-electron chi connectivity index (χ3n) is 4.97. The number of carbonyl (C=O) groups excluding carboxylic acids is 1. The number of hydrogen-bond acceptors (Lipinski definition) is 3. The van der Waals surface area contributed by atoms with Crippen LogP contribution in [0.2, 0.25) is 0 Å². The molecule has 2 N–H and O–H groups in total. The number of likely N-dealkylation sites (tertiary alicyclic amines) is 1. The minimum atomic E-state index is -0.0695. The number of nitrogens with zero attached hydrogens (tertiary/aromatic N) is 1. The molecule has 2 aliphatic heterocycles. The van der Waals surface area contributed by atoms with E-state index < -0.39 is 0 Å². The highest BCUT2D eigenvalue weighted by atomic mass is 16.3. The molecule has 4 heteroatoms. The van der Waals surface area contributed by atoms with E-state index in [-0.39, 0.29) is 11.7 Å². The highest BCUT2D eigenvalue weighted by Gasteiger charge is 2.38. The fourth-order valence-corrected chi connectivity index (χ4v) is 3.87.